The van der Waals surface area contributed by atoms with Crippen molar-refractivity contribution in [3.8, 4) is 0 Å². The van der Waals surface area contributed by atoms with Crippen molar-refractivity contribution in [2.45, 2.75) is 18.2 Å². The van der Waals surface area contributed by atoms with Crippen LogP contribution in [0.2, 0.25) is 0 Å². The van der Waals surface area contributed by atoms with Crippen molar-refractivity contribution >= 4 is 34.0 Å². The molecule has 0 aliphatic heterocycles. The first-order valence-corrected chi connectivity index (χ1v) is 13.5. The van der Waals surface area contributed by atoms with Crippen molar-refractivity contribution in [1.29, 1.82) is 0 Å². The zero-order valence-electron chi connectivity index (χ0n) is 22.2. The largest absolute Gasteiger partial charge is 0.465 e. The average molecular weight is 610 g/mol. The van der Waals surface area contributed by atoms with Crippen molar-refractivity contribution in [1.82, 2.24) is 0 Å². The molecule has 0 fully saturated rings. The fourth-order valence-electron chi connectivity index (χ4n) is 4.15. The highest BCUT2D eigenvalue weighted by atomic mass is 32.2. The quantitative estimate of drug-likeness (QED) is 0.162. The molecule has 0 N–H and O–H groups in total. The Morgan fingerprint density at radius 3 is 1.95 bits per heavy atom. The molecule has 2 aromatic carbocycles. The van der Waals surface area contributed by atoms with Gasteiger partial charge < -0.3 is 19.2 Å². The maximum atomic E-state index is 14.2. The summed E-state index contributed by atoms with van der Waals surface area (Å²) in [5.74, 6) is -1.49. The molecule has 0 bridgehead atoms. The van der Waals surface area contributed by atoms with Crippen molar-refractivity contribution in [2.75, 3.05) is 32.7 Å². The van der Waals surface area contributed by atoms with Crippen molar-refractivity contribution < 1.29 is 47.9 Å². The number of nitrogens with zero attached hydrogens (tertiary/aromatic N) is 3. The van der Waals surface area contributed by atoms with E-state index in [1.165, 1.54) is 12.1 Å². The molecule has 3 rings (SSSR count). The minimum Gasteiger partial charge on any atom is -0.465 e. The first-order chi connectivity index (χ1) is 19.8. The Morgan fingerprint density at radius 2 is 1.45 bits per heavy atom. The van der Waals surface area contributed by atoms with Crippen LogP contribution in [0.15, 0.2) is 52.9 Å². The van der Waals surface area contributed by atoms with Gasteiger partial charge in [-0.15, -0.1) is 30.3 Å². The summed E-state index contributed by atoms with van der Waals surface area (Å²) < 4.78 is 31.2. The van der Waals surface area contributed by atoms with Gasteiger partial charge in [0.2, 0.25) is 0 Å². The van der Waals surface area contributed by atoms with Gasteiger partial charge in [0, 0.05) is 22.0 Å². The summed E-state index contributed by atoms with van der Waals surface area (Å²) in [6.45, 7) is -2.13. The number of hydrogen-bond acceptors (Lipinski definition) is 12. The standard InChI is InChI=1S/C25H24FN3O12S/c1-16-21(9-17-3-6-19(7-4-17)42(2)37)20-8-5-18(26)10-23(20)22(16)11-24(30)38-12-25(13-39-27(31)32,14-40-28(33)34)15-41-29(35)36/h3-10H,11-15H2,1-2H3/b21-9-. The molecule has 224 valence electrons. The van der Waals surface area contributed by atoms with Crippen LogP contribution in [0.3, 0.4) is 0 Å². The van der Waals surface area contributed by atoms with Gasteiger partial charge in [0.15, 0.2) is 0 Å². The summed E-state index contributed by atoms with van der Waals surface area (Å²) in [5.41, 5.74) is 1.50. The van der Waals surface area contributed by atoms with Crippen LogP contribution in [0, 0.1) is 41.6 Å². The minimum atomic E-state index is -2.01. The van der Waals surface area contributed by atoms with E-state index >= 15 is 0 Å². The zero-order chi connectivity index (χ0) is 31.0. The van der Waals surface area contributed by atoms with Gasteiger partial charge in [-0.2, -0.15) is 0 Å². The Morgan fingerprint density at radius 1 is 0.905 bits per heavy atom. The summed E-state index contributed by atoms with van der Waals surface area (Å²) in [6, 6.07) is 11.0. The normalized spacial score (nSPS) is 14.2. The first kappa shape index (κ1) is 31.6. The number of esters is 1. The summed E-state index contributed by atoms with van der Waals surface area (Å²) >= 11 is 0. The van der Waals surface area contributed by atoms with Gasteiger partial charge in [-0.25, -0.2) is 4.39 Å². The van der Waals surface area contributed by atoms with E-state index in [4.69, 9.17) is 4.74 Å². The third-order valence-electron chi connectivity index (χ3n) is 6.27. The summed E-state index contributed by atoms with van der Waals surface area (Å²) in [7, 11) is -1.17. The van der Waals surface area contributed by atoms with E-state index in [-0.39, 0.29) is 0 Å². The third-order valence-corrected chi connectivity index (χ3v) is 7.20. The molecule has 0 aromatic heterocycles. The molecule has 42 heavy (non-hydrogen) atoms. The molecule has 15 nitrogen and oxygen atoms in total. The van der Waals surface area contributed by atoms with Gasteiger partial charge in [-0.3, -0.25) is 9.00 Å². The van der Waals surface area contributed by atoms with Crippen molar-refractivity contribution in [3.63, 3.8) is 0 Å². The van der Waals surface area contributed by atoms with Crippen LogP contribution in [0.5, 0.6) is 0 Å². The van der Waals surface area contributed by atoms with Gasteiger partial charge in [-0.05, 0) is 70.7 Å². The van der Waals surface area contributed by atoms with E-state index in [1.54, 1.807) is 43.5 Å². The number of benzene rings is 2. The predicted molar refractivity (Wildman–Crippen MR) is 142 cm³/mol. The second-order valence-electron chi connectivity index (χ2n) is 9.20. The Hall–Kier alpha value is -4.93. The molecule has 1 aliphatic rings. The van der Waals surface area contributed by atoms with Crippen molar-refractivity contribution in [3.05, 3.63) is 101 Å². The molecule has 1 unspecified atom stereocenters. The van der Waals surface area contributed by atoms with Crippen LogP contribution in [-0.4, -0.2) is 58.1 Å². The van der Waals surface area contributed by atoms with E-state index in [9.17, 15) is 43.7 Å². The van der Waals surface area contributed by atoms with E-state index < -0.39 is 76.1 Å². The lowest BCUT2D eigenvalue weighted by Gasteiger charge is -2.29. The number of fused-ring (bicyclic) bond motifs is 1. The van der Waals surface area contributed by atoms with Crippen molar-refractivity contribution in [2.24, 2.45) is 5.41 Å². The first-order valence-electron chi connectivity index (χ1n) is 11.9. The fraction of sp³-hybridized carbons (Fsp3) is 0.320. The van der Waals surface area contributed by atoms with Crippen LogP contribution in [0.1, 0.15) is 30.0 Å². The SMILES string of the molecule is CC1=C(CC(=O)OCC(CO[N+](=O)[O-])(CO[N+](=O)[O-])CO[N+](=O)[O-])c2cc(F)ccc2/C1=C\c1ccc(S(C)=O)cc1. The highest BCUT2D eigenvalue weighted by molar-refractivity contribution is 7.84. The number of rotatable bonds is 15. The fourth-order valence-corrected chi connectivity index (χ4v) is 4.67. The number of hydrogen-bond donors (Lipinski definition) is 0. The maximum Gasteiger partial charge on any atom is 0.310 e. The van der Waals surface area contributed by atoms with E-state index in [2.05, 4.69) is 14.5 Å². The second-order valence-corrected chi connectivity index (χ2v) is 10.6. The molecular formula is C25H24FN3O12S. The Kier molecular flexibility index (Phi) is 10.2. The number of ether oxygens (including phenoxy) is 1. The number of carbonyl (C=O) groups is 1. The van der Waals surface area contributed by atoms with Gasteiger partial charge in [0.1, 0.15) is 32.2 Å². The van der Waals surface area contributed by atoms with Crippen LogP contribution in [0.4, 0.5) is 4.39 Å². The smallest absolute Gasteiger partial charge is 0.310 e. The molecule has 2 aromatic rings. The van der Waals surface area contributed by atoms with Gasteiger partial charge in [0.25, 0.3) is 15.3 Å². The molecule has 0 saturated heterocycles. The number of halogens is 1. The maximum absolute atomic E-state index is 14.2. The van der Waals surface area contributed by atoms with Crippen LogP contribution < -0.4 is 0 Å². The molecular weight excluding hydrogens is 585 g/mol. The van der Waals surface area contributed by atoms with Crippen LogP contribution >= 0.6 is 0 Å². The Bertz CT molecular complexity index is 1430. The lowest BCUT2D eigenvalue weighted by molar-refractivity contribution is -0.782. The van der Waals surface area contributed by atoms with Crippen LogP contribution in [0.25, 0.3) is 17.2 Å². The lowest BCUT2D eigenvalue weighted by atomic mass is 9.92. The van der Waals surface area contributed by atoms with Crippen LogP contribution in [-0.2, 0) is 34.8 Å². The molecule has 17 heteroatoms. The number of carbonyl (C=O) groups excluding carboxylic acids is 1. The molecule has 0 amide bonds. The van der Waals surface area contributed by atoms with Gasteiger partial charge in [-0.1, -0.05) is 18.2 Å². The zero-order valence-corrected chi connectivity index (χ0v) is 23.0. The van der Waals surface area contributed by atoms with E-state index in [1.807, 2.05) is 6.08 Å². The highest BCUT2D eigenvalue weighted by Crippen LogP contribution is 2.44. The van der Waals surface area contributed by atoms with E-state index in [0.29, 0.717) is 32.7 Å². The third kappa shape index (κ3) is 8.29. The Labute approximate surface area is 239 Å². The summed E-state index contributed by atoms with van der Waals surface area (Å²) in [5, 5.41) is 28.5. The second kappa shape index (κ2) is 13.6. The molecule has 0 radical (unpaired) electrons. The molecule has 0 saturated carbocycles. The van der Waals surface area contributed by atoms with Gasteiger partial charge >= 0.3 is 5.97 Å². The highest BCUT2D eigenvalue weighted by Gasteiger charge is 2.37. The van der Waals surface area contributed by atoms with E-state index in [0.717, 1.165) is 5.56 Å². The average Bonchev–Trinajstić information content (AvgIpc) is 3.17. The molecule has 0 heterocycles. The molecule has 1 atom stereocenters. The summed E-state index contributed by atoms with van der Waals surface area (Å²) in [6.07, 6.45) is 2.96. The molecule has 1 aliphatic carbocycles. The minimum absolute atomic E-state index is 0.405. The number of allylic oxidation sites excluding steroid dienone is 2. The Balaban J connectivity index is 1.88. The lowest BCUT2D eigenvalue weighted by Crippen LogP contribution is -2.43. The molecule has 0 spiro atoms. The topological polar surface area (TPSA) is 200 Å². The summed E-state index contributed by atoms with van der Waals surface area (Å²) in [4.78, 5) is 58.6. The van der Waals surface area contributed by atoms with Gasteiger partial charge in [0.05, 0.1) is 11.8 Å². The monoisotopic (exact) mass is 609 g/mol. The predicted octanol–water partition coefficient (Wildman–Crippen LogP) is 3.44.